The highest BCUT2D eigenvalue weighted by Crippen LogP contribution is 2.41. The van der Waals surface area contributed by atoms with Gasteiger partial charge in [0.2, 0.25) is 5.88 Å². The molecule has 1 heterocycles. The van der Waals surface area contributed by atoms with E-state index in [2.05, 4.69) is 10.5 Å². The maximum atomic E-state index is 12.4. The standard InChI is InChI=1S/C13H8Cl4N2O4/c1-3-4(2)19-23-12(3)18-11(20)5-6(13(21)22)8(15)10(17)9(16)7(5)14/h1-2H3,(H,18,20)(H,21,22). The molecule has 0 spiro atoms. The summed E-state index contributed by atoms with van der Waals surface area (Å²) in [5, 5.41) is 14.2. The van der Waals surface area contributed by atoms with Gasteiger partial charge in [-0.05, 0) is 13.8 Å². The summed E-state index contributed by atoms with van der Waals surface area (Å²) >= 11 is 23.6. The Balaban J connectivity index is 2.60. The number of halogens is 4. The van der Waals surface area contributed by atoms with Gasteiger partial charge in [0.15, 0.2) is 0 Å². The van der Waals surface area contributed by atoms with Crippen molar-refractivity contribution in [2.24, 2.45) is 0 Å². The molecular weight excluding hydrogens is 390 g/mol. The summed E-state index contributed by atoms with van der Waals surface area (Å²) in [6.45, 7) is 3.35. The van der Waals surface area contributed by atoms with Crippen LogP contribution in [0.2, 0.25) is 20.1 Å². The molecule has 0 aliphatic heterocycles. The van der Waals surface area contributed by atoms with Crippen molar-refractivity contribution >= 4 is 64.2 Å². The van der Waals surface area contributed by atoms with E-state index in [9.17, 15) is 14.7 Å². The first-order chi connectivity index (χ1) is 10.7. The van der Waals surface area contributed by atoms with Crippen LogP contribution in [0.25, 0.3) is 0 Å². The van der Waals surface area contributed by atoms with Gasteiger partial charge in [0.25, 0.3) is 5.91 Å². The van der Waals surface area contributed by atoms with Crippen LogP contribution in [-0.2, 0) is 0 Å². The number of rotatable bonds is 3. The van der Waals surface area contributed by atoms with Crippen LogP contribution in [0.3, 0.4) is 0 Å². The lowest BCUT2D eigenvalue weighted by Crippen LogP contribution is -2.18. The summed E-state index contributed by atoms with van der Waals surface area (Å²) in [4.78, 5) is 23.9. The monoisotopic (exact) mass is 396 g/mol. The number of benzene rings is 1. The summed E-state index contributed by atoms with van der Waals surface area (Å²) in [5.41, 5.74) is 0.166. The van der Waals surface area contributed by atoms with Crippen LogP contribution >= 0.6 is 46.4 Å². The molecule has 23 heavy (non-hydrogen) atoms. The van der Waals surface area contributed by atoms with E-state index >= 15 is 0 Å². The zero-order valence-electron chi connectivity index (χ0n) is 11.6. The Labute approximate surface area is 150 Å². The Kier molecular flexibility index (Phi) is 5.10. The van der Waals surface area contributed by atoms with Gasteiger partial charge in [-0.25, -0.2) is 4.79 Å². The number of hydrogen-bond donors (Lipinski definition) is 2. The first kappa shape index (κ1) is 17.9. The fourth-order valence-electron chi connectivity index (χ4n) is 1.74. The minimum absolute atomic E-state index is 0.0575. The average molecular weight is 398 g/mol. The molecule has 0 atom stereocenters. The normalized spacial score (nSPS) is 10.7. The number of carboxylic acids is 1. The first-order valence-corrected chi connectivity index (χ1v) is 7.51. The van der Waals surface area contributed by atoms with Gasteiger partial charge in [-0.1, -0.05) is 51.6 Å². The maximum Gasteiger partial charge on any atom is 0.338 e. The molecule has 1 amide bonds. The van der Waals surface area contributed by atoms with E-state index in [0.717, 1.165) is 0 Å². The van der Waals surface area contributed by atoms with Gasteiger partial charge in [0.05, 0.1) is 36.9 Å². The lowest BCUT2D eigenvalue weighted by atomic mass is 10.1. The smallest absolute Gasteiger partial charge is 0.338 e. The minimum Gasteiger partial charge on any atom is -0.478 e. The second-order valence-electron chi connectivity index (χ2n) is 4.49. The zero-order valence-corrected chi connectivity index (χ0v) is 14.7. The molecule has 1 aromatic carbocycles. The van der Waals surface area contributed by atoms with E-state index in [0.29, 0.717) is 11.3 Å². The fourth-order valence-corrected chi connectivity index (χ4v) is 2.76. The van der Waals surface area contributed by atoms with Crippen LogP contribution in [0.1, 0.15) is 32.0 Å². The van der Waals surface area contributed by atoms with Crippen LogP contribution in [0.5, 0.6) is 0 Å². The van der Waals surface area contributed by atoms with E-state index in [-0.39, 0.29) is 26.0 Å². The van der Waals surface area contributed by atoms with E-state index < -0.39 is 23.0 Å². The van der Waals surface area contributed by atoms with Gasteiger partial charge in [-0.15, -0.1) is 0 Å². The number of aryl methyl sites for hydroxylation is 1. The molecule has 1 aromatic heterocycles. The summed E-state index contributed by atoms with van der Waals surface area (Å²) in [6.07, 6.45) is 0. The van der Waals surface area contributed by atoms with Crippen LogP contribution in [0.4, 0.5) is 5.88 Å². The van der Waals surface area contributed by atoms with Crippen molar-refractivity contribution in [3.8, 4) is 0 Å². The predicted molar refractivity (Wildman–Crippen MR) is 87.4 cm³/mol. The maximum absolute atomic E-state index is 12.4. The average Bonchev–Trinajstić information content (AvgIpc) is 2.80. The Hall–Kier alpha value is -1.47. The van der Waals surface area contributed by atoms with Crippen molar-refractivity contribution in [2.75, 3.05) is 5.32 Å². The molecule has 0 saturated heterocycles. The Morgan fingerprint density at radius 3 is 1.96 bits per heavy atom. The van der Waals surface area contributed by atoms with Crippen LogP contribution in [-0.4, -0.2) is 22.1 Å². The van der Waals surface area contributed by atoms with E-state index in [1.807, 2.05) is 0 Å². The molecule has 2 N–H and O–H groups in total. The highest BCUT2D eigenvalue weighted by Gasteiger charge is 2.29. The number of carboxylic acid groups (broad SMARTS) is 1. The largest absolute Gasteiger partial charge is 0.478 e. The molecule has 0 bridgehead atoms. The number of anilines is 1. The van der Waals surface area contributed by atoms with Gasteiger partial charge in [-0.2, -0.15) is 0 Å². The third-order valence-electron chi connectivity index (χ3n) is 3.09. The molecule has 2 aromatic rings. The summed E-state index contributed by atoms with van der Waals surface area (Å²) in [7, 11) is 0. The predicted octanol–water partition coefficient (Wildman–Crippen LogP) is 4.86. The third-order valence-corrected chi connectivity index (χ3v) is 4.89. The highest BCUT2D eigenvalue weighted by molar-refractivity contribution is 6.54. The lowest BCUT2D eigenvalue weighted by Gasteiger charge is -2.13. The number of carbonyl (C=O) groups is 2. The van der Waals surface area contributed by atoms with E-state index in [1.54, 1.807) is 13.8 Å². The van der Waals surface area contributed by atoms with Crippen molar-refractivity contribution in [2.45, 2.75) is 13.8 Å². The van der Waals surface area contributed by atoms with Crippen LogP contribution in [0.15, 0.2) is 4.52 Å². The molecular formula is C13H8Cl4N2O4. The number of aromatic carboxylic acids is 1. The van der Waals surface area contributed by atoms with Gasteiger partial charge < -0.3 is 9.63 Å². The minimum atomic E-state index is -1.48. The third kappa shape index (κ3) is 3.12. The van der Waals surface area contributed by atoms with Crippen molar-refractivity contribution in [3.63, 3.8) is 0 Å². The van der Waals surface area contributed by atoms with Gasteiger partial charge >= 0.3 is 5.97 Å². The molecule has 6 nitrogen and oxygen atoms in total. The van der Waals surface area contributed by atoms with Crippen molar-refractivity contribution in [3.05, 3.63) is 42.5 Å². The van der Waals surface area contributed by atoms with Crippen molar-refractivity contribution in [1.29, 1.82) is 0 Å². The summed E-state index contributed by atoms with van der Waals surface area (Å²) < 4.78 is 4.95. The molecule has 0 radical (unpaired) electrons. The van der Waals surface area contributed by atoms with Crippen molar-refractivity contribution < 1.29 is 19.2 Å². The second-order valence-corrected chi connectivity index (χ2v) is 6.00. The second kappa shape index (κ2) is 6.57. The molecule has 2 rings (SSSR count). The van der Waals surface area contributed by atoms with Gasteiger partial charge in [0, 0.05) is 5.56 Å². The number of carbonyl (C=O) groups excluding carboxylic acids is 1. The summed E-state index contributed by atoms with van der Waals surface area (Å²) in [6, 6.07) is 0. The number of amides is 1. The Morgan fingerprint density at radius 1 is 1.00 bits per heavy atom. The summed E-state index contributed by atoms with van der Waals surface area (Å²) in [5.74, 6) is -2.29. The van der Waals surface area contributed by atoms with Crippen LogP contribution in [0, 0.1) is 13.8 Å². The number of nitrogens with one attached hydrogen (secondary N) is 1. The highest BCUT2D eigenvalue weighted by atomic mass is 35.5. The molecule has 0 aliphatic carbocycles. The molecule has 0 saturated carbocycles. The zero-order chi connectivity index (χ0) is 17.5. The van der Waals surface area contributed by atoms with Crippen molar-refractivity contribution in [1.82, 2.24) is 5.16 Å². The molecule has 10 heteroatoms. The number of nitrogens with zero attached hydrogens (tertiary/aromatic N) is 1. The number of aromatic nitrogens is 1. The first-order valence-electron chi connectivity index (χ1n) is 6.00. The van der Waals surface area contributed by atoms with Gasteiger partial charge in [0.1, 0.15) is 0 Å². The van der Waals surface area contributed by atoms with E-state index in [1.165, 1.54) is 0 Å². The SMILES string of the molecule is Cc1noc(NC(=O)c2c(Cl)c(Cl)c(Cl)c(Cl)c2C(=O)O)c1C. The molecule has 0 aliphatic rings. The van der Waals surface area contributed by atoms with E-state index in [4.69, 9.17) is 50.9 Å². The quantitative estimate of drug-likeness (QED) is 0.570. The number of hydrogen-bond acceptors (Lipinski definition) is 4. The Morgan fingerprint density at radius 2 is 1.52 bits per heavy atom. The Bertz CT molecular complexity index is 832. The fraction of sp³-hybridized carbons (Fsp3) is 0.154. The molecule has 0 unspecified atom stereocenters. The molecule has 0 fully saturated rings. The van der Waals surface area contributed by atoms with Gasteiger partial charge in [-0.3, -0.25) is 10.1 Å². The topological polar surface area (TPSA) is 92.4 Å². The molecule has 122 valence electrons. The van der Waals surface area contributed by atoms with Crippen LogP contribution < -0.4 is 5.32 Å². The lowest BCUT2D eigenvalue weighted by molar-refractivity contribution is 0.0692.